The van der Waals surface area contributed by atoms with E-state index in [2.05, 4.69) is 9.47 Å². The molecule has 1 heterocycles. The highest BCUT2D eigenvalue weighted by atomic mass is 16.6. The van der Waals surface area contributed by atoms with Crippen LogP contribution < -0.4 is 15.4 Å². The van der Waals surface area contributed by atoms with E-state index in [0.29, 0.717) is 23.4 Å². The summed E-state index contributed by atoms with van der Waals surface area (Å²) in [5.41, 5.74) is 7.94. The molecule has 3 rings (SSSR count). The fourth-order valence-corrected chi connectivity index (χ4v) is 3.20. The number of cyclic esters (lactones) is 1. The molecule has 1 fully saturated rings. The second-order valence-corrected chi connectivity index (χ2v) is 7.22. The zero-order chi connectivity index (χ0) is 24.0. The molecule has 10 nitrogen and oxygen atoms in total. The molecule has 2 N–H and O–H groups in total. The van der Waals surface area contributed by atoms with Crippen molar-refractivity contribution < 1.29 is 38.1 Å². The van der Waals surface area contributed by atoms with E-state index in [0.717, 1.165) is 5.56 Å². The molecule has 0 bridgehead atoms. The Morgan fingerprint density at radius 3 is 2.27 bits per heavy atom. The summed E-state index contributed by atoms with van der Waals surface area (Å²) in [6.45, 7) is 0.316. The monoisotopic (exact) mass is 456 g/mol. The molecule has 1 atom stereocenters. The van der Waals surface area contributed by atoms with Gasteiger partial charge in [0.1, 0.15) is 5.75 Å². The third-order valence-electron chi connectivity index (χ3n) is 5.04. The van der Waals surface area contributed by atoms with E-state index in [1.807, 2.05) is 0 Å². The quantitative estimate of drug-likeness (QED) is 0.356. The smallest absolute Gasteiger partial charge is 0.415 e. The van der Waals surface area contributed by atoms with Crippen LogP contribution in [0.1, 0.15) is 16.7 Å². The van der Waals surface area contributed by atoms with E-state index in [4.69, 9.17) is 15.2 Å². The maximum absolute atomic E-state index is 12.8. The lowest BCUT2D eigenvalue weighted by Crippen LogP contribution is -2.31. The molecule has 2 aromatic carbocycles. The van der Waals surface area contributed by atoms with Gasteiger partial charge in [0.15, 0.2) is 0 Å². The number of nitrogens with two attached hydrogens (primary N) is 1. The highest BCUT2D eigenvalue weighted by Crippen LogP contribution is 2.26. The van der Waals surface area contributed by atoms with Crippen LogP contribution >= 0.6 is 0 Å². The summed E-state index contributed by atoms with van der Waals surface area (Å²) in [5, 5.41) is 0. The molecule has 1 unspecified atom stereocenters. The maximum atomic E-state index is 12.8. The Kier molecular flexibility index (Phi) is 7.62. The highest BCUT2D eigenvalue weighted by molar-refractivity contribution is 5.94. The predicted octanol–water partition coefficient (Wildman–Crippen LogP) is 1.51. The molecule has 33 heavy (non-hydrogen) atoms. The van der Waals surface area contributed by atoms with Gasteiger partial charge in [-0.15, -0.1) is 0 Å². The average molecular weight is 456 g/mol. The number of hydrogen-bond donors (Lipinski definition) is 1. The number of amides is 1. The van der Waals surface area contributed by atoms with Crippen LogP contribution in [0.25, 0.3) is 0 Å². The number of carbonyl (C=O) groups is 4. The number of ether oxygens (including phenoxy) is 4. The van der Waals surface area contributed by atoms with Crippen LogP contribution in [0.15, 0.2) is 42.5 Å². The minimum atomic E-state index is -1.18. The molecule has 0 aliphatic carbocycles. The first kappa shape index (κ1) is 23.7. The summed E-state index contributed by atoms with van der Waals surface area (Å²) in [5.74, 6) is -1.76. The highest BCUT2D eigenvalue weighted by Gasteiger charge is 2.38. The van der Waals surface area contributed by atoms with E-state index in [9.17, 15) is 19.2 Å². The van der Waals surface area contributed by atoms with Gasteiger partial charge in [0.2, 0.25) is 6.10 Å². The van der Waals surface area contributed by atoms with Crippen LogP contribution in [0.4, 0.5) is 10.5 Å². The summed E-state index contributed by atoms with van der Waals surface area (Å²) in [4.78, 5) is 49.8. The first-order valence-electron chi connectivity index (χ1n) is 10.1. The van der Waals surface area contributed by atoms with Crippen LogP contribution in [0.5, 0.6) is 5.75 Å². The summed E-state index contributed by atoms with van der Waals surface area (Å²) in [7, 11) is 2.50. The molecular weight excluding hydrogens is 432 g/mol. The van der Waals surface area contributed by atoms with Gasteiger partial charge in [0, 0.05) is 17.8 Å². The third kappa shape index (κ3) is 5.86. The molecule has 174 valence electrons. The average Bonchev–Trinajstić information content (AvgIpc) is 3.22. The SMILES string of the molecule is COC(=O)Cc1ccc(CC(=O)OC)c(OC(=O)C2CN(c3ccc(CN)cc3)C(=O)O2)c1. The predicted molar refractivity (Wildman–Crippen MR) is 115 cm³/mol. The van der Waals surface area contributed by atoms with Crippen LogP contribution in [0.3, 0.4) is 0 Å². The summed E-state index contributed by atoms with van der Waals surface area (Å²) in [6.07, 6.45) is -2.07. The summed E-state index contributed by atoms with van der Waals surface area (Å²) in [6, 6.07) is 11.6. The van der Waals surface area contributed by atoms with Gasteiger partial charge in [-0.25, -0.2) is 9.59 Å². The fourth-order valence-electron chi connectivity index (χ4n) is 3.20. The first-order chi connectivity index (χ1) is 15.8. The van der Waals surface area contributed by atoms with Crippen molar-refractivity contribution in [2.24, 2.45) is 5.73 Å². The van der Waals surface area contributed by atoms with Crippen molar-refractivity contribution >= 4 is 29.7 Å². The lowest BCUT2D eigenvalue weighted by Gasteiger charge is -2.14. The third-order valence-corrected chi connectivity index (χ3v) is 5.04. The van der Waals surface area contributed by atoms with Crippen LogP contribution in [0.2, 0.25) is 0 Å². The van der Waals surface area contributed by atoms with Crippen molar-refractivity contribution in [2.75, 3.05) is 25.7 Å². The molecule has 10 heteroatoms. The first-order valence-corrected chi connectivity index (χ1v) is 10.1. The normalized spacial score (nSPS) is 15.1. The fraction of sp³-hybridized carbons (Fsp3) is 0.304. The van der Waals surface area contributed by atoms with Crippen molar-refractivity contribution in [3.05, 3.63) is 59.2 Å². The Labute approximate surface area is 190 Å². The Morgan fingerprint density at radius 1 is 1.00 bits per heavy atom. The van der Waals surface area contributed by atoms with Crippen molar-refractivity contribution in [1.82, 2.24) is 0 Å². The van der Waals surface area contributed by atoms with E-state index in [-0.39, 0.29) is 25.1 Å². The van der Waals surface area contributed by atoms with Gasteiger partial charge in [-0.1, -0.05) is 24.3 Å². The van der Waals surface area contributed by atoms with E-state index in [1.54, 1.807) is 36.4 Å². The largest absolute Gasteiger partial charge is 0.469 e. The van der Waals surface area contributed by atoms with E-state index < -0.39 is 30.1 Å². The number of esters is 3. The van der Waals surface area contributed by atoms with Crippen LogP contribution in [-0.4, -0.2) is 50.9 Å². The number of methoxy groups -OCH3 is 2. The zero-order valence-electron chi connectivity index (χ0n) is 18.2. The van der Waals surface area contributed by atoms with Crippen molar-refractivity contribution in [1.29, 1.82) is 0 Å². The van der Waals surface area contributed by atoms with Crippen LogP contribution in [-0.2, 0) is 48.0 Å². The lowest BCUT2D eigenvalue weighted by atomic mass is 10.1. The second-order valence-electron chi connectivity index (χ2n) is 7.22. The standard InChI is InChI=1S/C23H24N2O8/c1-30-20(26)10-15-3-6-16(11-21(27)31-2)18(9-15)32-22(28)19-13-25(23(29)33-19)17-7-4-14(12-24)5-8-17/h3-9,19H,10-13,24H2,1-2H3. The lowest BCUT2D eigenvalue weighted by molar-refractivity contribution is -0.142. The molecular formula is C23H24N2O8. The van der Waals surface area contributed by atoms with Crippen molar-refractivity contribution in [2.45, 2.75) is 25.5 Å². The maximum Gasteiger partial charge on any atom is 0.415 e. The molecule has 0 spiro atoms. The second kappa shape index (κ2) is 10.6. The van der Waals surface area contributed by atoms with Crippen molar-refractivity contribution in [3.8, 4) is 5.75 Å². The van der Waals surface area contributed by atoms with Crippen molar-refractivity contribution in [3.63, 3.8) is 0 Å². The van der Waals surface area contributed by atoms with Gasteiger partial charge in [0.25, 0.3) is 0 Å². The Morgan fingerprint density at radius 2 is 1.64 bits per heavy atom. The Bertz CT molecular complexity index is 1050. The van der Waals surface area contributed by atoms with Gasteiger partial charge in [-0.2, -0.15) is 0 Å². The topological polar surface area (TPSA) is 134 Å². The van der Waals surface area contributed by atoms with Gasteiger partial charge in [-0.3, -0.25) is 14.5 Å². The van der Waals surface area contributed by atoms with E-state index in [1.165, 1.54) is 25.2 Å². The van der Waals surface area contributed by atoms with Gasteiger partial charge in [0.05, 0.1) is 33.6 Å². The van der Waals surface area contributed by atoms with E-state index >= 15 is 0 Å². The molecule has 1 amide bonds. The summed E-state index contributed by atoms with van der Waals surface area (Å²) < 4.78 is 20.0. The number of rotatable bonds is 8. The molecule has 0 radical (unpaired) electrons. The number of hydrogen-bond acceptors (Lipinski definition) is 9. The minimum absolute atomic E-state index is 0.0478. The number of nitrogens with zero attached hydrogens (tertiary/aromatic N) is 1. The zero-order valence-corrected chi connectivity index (χ0v) is 18.2. The van der Waals surface area contributed by atoms with Gasteiger partial charge < -0.3 is 24.7 Å². The molecule has 0 saturated carbocycles. The molecule has 0 aromatic heterocycles. The van der Waals surface area contributed by atoms with Gasteiger partial charge in [-0.05, 0) is 29.3 Å². The minimum Gasteiger partial charge on any atom is -0.469 e. The summed E-state index contributed by atoms with van der Waals surface area (Å²) >= 11 is 0. The Hall–Kier alpha value is -3.92. The number of carbonyl (C=O) groups excluding carboxylic acids is 4. The Balaban J connectivity index is 1.77. The molecule has 2 aromatic rings. The molecule has 1 aliphatic heterocycles. The number of benzene rings is 2. The molecule has 1 aliphatic rings. The number of anilines is 1. The van der Waals surface area contributed by atoms with Crippen LogP contribution in [0, 0.1) is 0 Å². The van der Waals surface area contributed by atoms with Gasteiger partial charge >= 0.3 is 24.0 Å². The molecule has 1 saturated heterocycles.